The Morgan fingerprint density at radius 2 is 2.00 bits per heavy atom. The Kier molecular flexibility index (Phi) is 3.43. The lowest BCUT2D eigenvalue weighted by Gasteiger charge is -2.17. The number of amides is 1. The van der Waals surface area contributed by atoms with Crippen LogP contribution in [0.25, 0.3) is 0 Å². The fourth-order valence-corrected chi connectivity index (χ4v) is 2.57. The molecule has 0 spiro atoms. The fourth-order valence-electron chi connectivity index (χ4n) is 2.57. The van der Waals surface area contributed by atoms with E-state index in [1.807, 2.05) is 24.3 Å². The fraction of sp³-hybridized carbons (Fsp3) is 0.267. The van der Waals surface area contributed by atoms with Crippen molar-refractivity contribution in [2.75, 3.05) is 11.4 Å². The molecular weight excluding hydrogens is 270 g/mol. The molecule has 0 radical (unpaired) electrons. The van der Waals surface area contributed by atoms with Crippen molar-refractivity contribution in [3.8, 4) is 0 Å². The third-order valence-corrected chi connectivity index (χ3v) is 3.65. The van der Waals surface area contributed by atoms with Gasteiger partial charge in [0, 0.05) is 37.5 Å². The average molecular weight is 285 g/mol. The van der Waals surface area contributed by atoms with Gasteiger partial charge in [-0.1, -0.05) is 18.2 Å². The molecule has 1 aliphatic rings. The molecule has 1 amide bonds. The maximum absolute atomic E-state index is 12.3. The number of aromatic amines is 1. The van der Waals surface area contributed by atoms with Gasteiger partial charge in [0.1, 0.15) is 0 Å². The summed E-state index contributed by atoms with van der Waals surface area (Å²) >= 11 is 0. The first-order valence-corrected chi connectivity index (χ1v) is 6.83. The van der Waals surface area contributed by atoms with Crippen LogP contribution in [0.5, 0.6) is 0 Å². The normalized spacial score (nSPS) is 13.2. The van der Waals surface area contributed by atoms with Crippen LogP contribution in [0.3, 0.4) is 0 Å². The molecule has 0 aliphatic carbocycles. The van der Waals surface area contributed by atoms with Crippen LogP contribution in [0.15, 0.2) is 46.1 Å². The number of para-hydroxylation sites is 1. The molecule has 1 aliphatic heterocycles. The van der Waals surface area contributed by atoms with Crippen LogP contribution in [0.1, 0.15) is 12.0 Å². The summed E-state index contributed by atoms with van der Waals surface area (Å²) in [6, 6.07) is 9.11. The number of hydrogen-bond acceptors (Lipinski definition) is 3. The van der Waals surface area contributed by atoms with Gasteiger partial charge in [0.05, 0.1) is 0 Å². The lowest BCUT2D eigenvalue weighted by Crippen LogP contribution is -2.33. The van der Waals surface area contributed by atoms with Crippen molar-refractivity contribution in [3.63, 3.8) is 0 Å². The zero-order chi connectivity index (χ0) is 14.8. The van der Waals surface area contributed by atoms with Crippen LogP contribution in [-0.2, 0) is 17.8 Å². The van der Waals surface area contributed by atoms with Gasteiger partial charge in [0.2, 0.25) is 5.91 Å². The van der Waals surface area contributed by atoms with Gasteiger partial charge in [-0.3, -0.25) is 14.6 Å². The molecule has 0 fully saturated rings. The van der Waals surface area contributed by atoms with E-state index in [4.69, 9.17) is 0 Å². The Labute approximate surface area is 120 Å². The number of carbonyl (C=O) groups is 1. The van der Waals surface area contributed by atoms with Gasteiger partial charge in [-0.25, -0.2) is 4.79 Å². The number of aromatic nitrogens is 2. The highest BCUT2D eigenvalue weighted by Gasteiger charge is 2.23. The number of aryl methyl sites for hydroxylation is 1. The van der Waals surface area contributed by atoms with Crippen molar-refractivity contribution in [1.29, 1.82) is 0 Å². The zero-order valence-electron chi connectivity index (χ0n) is 11.4. The number of carbonyl (C=O) groups excluding carboxylic acids is 1. The summed E-state index contributed by atoms with van der Waals surface area (Å²) in [7, 11) is 0. The van der Waals surface area contributed by atoms with E-state index in [9.17, 15) is 14.4 Å². The third kappa shape index (κ3) is 2.65. The number of rotatable bonds is 3. The summed E-state index contributed by atoms with van der Waals surface area (Å²) < 4.78 is 1.33. The monoisotopic (exact) mass is 285 g/mol. The SMILES string of the molecule is O=C(CCn1ccc(=O)[nH]c1=O)N1CCc2ccccc21. The van der Waals surface area contributed by atoms with Crippen molar-refractivity contribution in [1.82, 2.24) is 9.55 Å². The summed E-state index contributed by atoms with van der Waals surface area (Å²) in [5.41, 5.74) is 1.21. The van der Waals surface area contributed by atoms with E-state index in [-0.39, 0.29) is 18.9 Å². The van der Waals surface area contributed by atoms with Crippen molar-refractivity contribution in [3.05, 3.63) is 62.9 Å². The summed E-state index contributed by atoms with van der Waals surface area (Å²) in [6.45, 7) is 0.936. The first-order valence-electron chi connectivity index (χ1n) is 6.83. The molecule has 0 unspecified atom stereocenters. The van der Waals surface area contributed by atoms with Gasteiger partial charge in [-0.05, 0) is 18.1 Å². The molecule has 108 valence electrons. The Hall–Kier alpha value is -2.63. The number of benzene rings is 1. The second-order valence-corrected chi connectivity index (χ2v) is 4.98. The molecule has 0 atom stereocenters. The molecule has 1 N–H and O–H groups in total. The van der Waals surface area contributed by atoms with Crippen LogP contribution in [-0.4, -0.2) is 22.0 Å². The lowest BCUT2D eigenvalue weighted by atomic mass is 10.2. The standard InChI is InChI=1S/C15H15N3O3/c19-13-6-8-17(15(21)16-13)9-7-14(20)18-10-5-11-3-1-2-4-12(11)18/h1-4,6,8H,5,7,9-10H2,(H,16,19,21). The Morgan fingerprint density at radius 3 is 2.81 bits per heavy atom. The van der Waals surface area contributed by atoms with Crippen LogP contribution in [0, 0.1) is 0 Å². The molecule has 2 aromatic rings. The van der Waals surface area contributed by atoms with Gasteiger partial charge >= 0.3 is 5.69 Å². The number of anilines is 1. The molecule has 0 saturated carbocycles. The van der Waals surface area contributed by atoms with Gasteiger partial charge in [-0.2, -0.15) is 0 Å². The third-order valence-electron chi connectivity index (χ3n) is 3.65. The average Bonchev–Trinajstić information content (AvgIpc) is 2.90. The van der Waals surface area contributed by atoms with E-state index in [1.165, 1.54) is 22.4 Å². The van der Waals surface area contributed by atoms with Gasteiger partial charge in [-0.15, -0.1) is 0 Å². The smallest absolute Gasteiger partial charge is 0.312 e. The Morgan fingerprint density at radius 1 is 1.19 bits per heavy atom. The minimum Gasteiger partial charge on any atom is -0.312 e. The molecule has 3 rings (SSSR count). The van der Waals surface area contributed by atoms with Crippen molar-refractivity contribution >= 4 is 11.6 Å². The summed E-state index contributed by atoms with van der Waals surface area (Å²) in [5, 5.41) is 0. The van der Waals surface area contributed by atoms with Crippen LogP contribution >= 0.6 is 0 Å². The number of fused-ring (bicyclic) bond motifs is 1. The molecule has 0 bridgehead atoms. The highest BCUT2D eigenvalue weighted by atomic mass is 16.2. The Balaban J connectivity index is 1.71. The van der Waals surface area contributed by atoms with E-state index < -0.39 is 11.2 Å². The number of nitrogens with one attached hydrogen (secondary N) is 1. The molecule has 0 saturated heterocycles. The van der Waals surface area contributed by atoms with Crippen molar-refractivity contribution in [2.45, 2.75) is 19.4 Å². The molecule has 6 heteroatoms. The van der Waals surface area contributed by atoms with Gasteiger partial charge in [0.25, 0.3) is 5.56 Å². The van der Waals surface area contributed by atoms with E-state index >= 15 is 0 Å². The predicted molar refractivity (Wildman–Crippen MR) is 78.4 cm³/mol. The predicted octanol–water partition coefficient (Wildman–Crippen LogP) is 0.516. The number of nitrogens with zero attached hydrogens (tertiary/aromatic N) is 2. The van der Waals surface area contributed by atoms with E-state index in [2.05, 4.69) is 4.98 Å². The largest absolute Gasteiger partial charge is 0.328 e. The maximum atomic E-state index is 12.3. The maximum Gasteiger partial charge on any atom is 0.328 e. The molecule has 6 nitrogen and oxygen atoms in total. The van der Waals surface area contributed by atoms with Crippen LogP contribution in [0.4, 0.5) is 5.69 Å². The van der Waals surface area contributed by atoms with Crippen LogP contribution < -0.4 is 16.1 Å². The van der Waals surface area contributed by atoms with Gasteiger partial charge < -0.3 is 9.47 Å². The second kappa shape index (κ2) is 5.40. The molecular formula is C15H15N3O3. The summed E-state index contributed by atoms with van der Waals surface area (Å²) in [5.74, 6) is -0.0157. The number of hydrogen-bond donors (Lipinski definition) is 1. The molecule has 2 heterocycles. The first-order chi connectivity index (χ1) is 10.1. The van der Waals surface area contributed by atoms with Crippen molar-refractivity contribution in [2.24, 2.45) is 0 Å². The second-order valence-electron chi connectivity index (χ2n) is 4.98. The van der Waals surface area contributed by atoms with Crippen LogP contribution in [0.2, 0.25) is 0 Å². The minimum atomic E-state index is -0.489. The van der Waals surface area contributed by atoms with E-state index in [0.29, 0.717) is 6.54 Å². The quantitative estimate of drug-likeness (QED) is 0.893. The highest BCUT2D eigenvalue weighted by molar-refractivity contribution is 5.95. The lowest BCUT2D eigenvalue weighted by molar-refractivity contribution is -0.118. The van der Waals surface area contributed by atoms with E-state index in [0.717, 1.165) is 12.1 Å². The first kappa shape index (κ1) is 13.4. The molecule has 1 aromatic carbocycles. The molecule has 21 heavy (non-hydrogen) atoms. The summed E-state index contributed by atoms with van der Waals surface area (Å²) in [4.78, 5) is 38.8. The zero-order valence-corrected chi connectivity index (χ0v) is 11.4. The topological polar surface area (TPSA) is 75.2 Å². The summed E-state index contributed by atoms with van der Waals surface area (Å²) in [6.07, 6.45) is 2.49. The Bertz CT molecular complexity index is 791. The van der Waals surface area contributed by atoms with Crippen molar-refractivity contribution < 1.29 is 4.79 Å². The minimum absolute atomic E-state index is 0.0157. The highest BCUT2D eigenvalue weighted by Crippen LogP contribution is 2.27. The number of H-pyrrole nitrogens is 1. The molecule has 1 aromatic heterocycles. The van der Waals surface area contributed by atoms with Gasteiger partial charge in [0.15, 0.2) is 0 Å². The van der Waals surface area contributed by atoms with E-state index in [1.54, 1.807) is 4.90 Å².